The van der Waals surface area contributed by atoms with Gasteiger partial charge >= 0.3 is 0 Å². The summed E-state index contributed by atoms with van der Waals surface area (Å²) in [6, 6.07) is 2.19. The summed E-state index contributed by atoms with van der Waals surface area (Å²) < 4.78 is 1.89. The second-order valence-corrected chi connectivity index (χ2v) is 7.50. The van der Waals surface area contributed by atoms with Gasteiger partial charge in [0, 0.05) is 21.7 Å². The highest BCUT2D eigenvalue weighted by molar-refractivity contribution is 7.10. The zero-order chi connectivity index (χ0) is 16.7. The highest BCUT2D eigenvalue weighted by atomic mass is 32.1. The Morgan fingerprint density at radius 2 is 2.12 bits per heavy atom. The molecule has 3 aromatic heterocycles. The van der Waals surface area contributed by atoms with Crippen LogP contribution in [0, 0.1) is 0 Å². The number of hydrogen-bond acceptors (Lipinski definition) is 4. The second-order valence-electron chi connectivity index (χ2n) is 6.53. The van der Waals surface area contributed by atoms with Gasteiger partial charge in [-0.2, -0.15) is 5.10 Å². The van der Waals surface area contributed by atoms with E-state index in [1.165, 1.54) is 23.3 Å². The fraction of sp³-hybridized carbons (Fsp3) is 0.389. The number of amides is 1. The van der Waals surface area contributed by atoms with Crippen molar-refractivity contribution in [2.75, 3.05) is 5.32 Å². The van der Waals surface area contributed by atoms with Gasteiger partial charge in [-0.05, 0) is 51.2 Å². The summed E-state index contributed by atoms with van der Waals surface area (Å²) in [5, 5.41) is 10.3. The van der Waals surface area contributed by atoms with Crippen LogP contribution in [0.2, 0.25) is 0 Å². The van der Waals surface area contributed by atoms with Crippen molar-refractivity contribution in [2.24, 2.45) is 0 Å². The van der Waals surface area contributed by atoms with Crippen molar-refractivity contribution >= 4 is 34.0 Å². The summed E-state index contributed by atoms with van der Waals surface area (Å²) in [7, 11) is 0. The lowest BCUT2D eigenvalue weighted by molar-refractivity contribution is 0.102. The first-order chi connectivity index (χ1) is 11.6. The van der Waals surface area contributed by atoms with E-state index in [2.05, 4.69) is 29.2 Å². The number of anilines is 1. The molecule has 1 aliphatic rings. The van der Waals surface area contributed by atoms with Crippen LogP contribution in [0.5, 0.6) is 0 Å². The van der Waals surface area contributed by atoms with Gasteiger partial charge in [0.2, 0.25) is 0 Å². The number of nitrogens with zero attached hydrogens (tertiary/aromatic N) is 3. The van der Waals surface area contributed by atoms with E-state index in [4.69, 9.17) is 0 Å². The van der Waals surface area contributed by atoms with Gasteiger partial charge < -0.3 is 5.32 Å². The van der Waals surface area contributed by atoms with Crippen molar-refractivity contribution in [2.45, 2.75) is 45.6 Å². The Bertz CT molecular complexity index is 909. The monoisotopic (exact) mass is 340 g/mol. The maximum absolute atomic E-state index is 12.6. The summed E-state index contributed by atoms with van der Waals surface area (Å²) in [4.78, 5) is 18.5. The van der Waals surface area contributed by atoms with Gasteiger partial charge in [0.15, 0.2) is 5.65 Å². The molecule has 3 heterocycles. The van der Waals surface area contributed by atoms with Gasteiger partial charge in [0.1, 0.15) is 0 Å². The molecule has 0 aliphatic heterocycles. The molecule has 1 aliphatic carbocycles. The first-order valence-corrected chi connectivity index (χ1v) is 9.25. The quantitative estimate of drug-likeness (QED) is 0.777. The van der Waals surface area contributed by atoms with Crippen molar-refractivity contribution in [3.63, 3.8) is 0 Å². The lowest BCUT2D eigenvalue weighted by atomic mass is 9.95. The molecule has 0 saturated heterocycles. The number of hydrogen-bond donors (Lipinski definition) is 1. The fourth-order valence-electron chi connectivity index (χ4n) is 3.27. The first-order valence-electron chi connectivity index (χ1n) is 8.37. The number of aryl methyl sites for hydroxylation is 1. The Labute approximate surface area is 144 Å². The maximum Gasteiger partial charge on any atom is 0.256 e. The Balaban J connectivity index is 1.60. The van der Waals surface area contributed by atoms with Crippen molar-refractivity contribution in [1.29, 1.82) is 0 Å². The predicted molar refractivity (Wildman–Crippen MR) is 96.8 cm³/mol. The molecule has 0 atom stereocenters. The van der Waals surface area contributed by atoms with E-state index in [0.29, 0.717) is 5.69 Å². The standard InChI is InChI=1S/C18H20N4OS/c1-11(2)22-17-12(8-20-22)7-13(9-19-17)21-18(23)15-10-24-16-6-4-3-5-14(15)16/h7-11H,3-6H2,1-2H3,(H,21,23). The number of fused-ring (bicyclic) bond motifs is 2. The highest BCUT2D eigenvalue weighted by Gasteiger charge is 2.20. The van der Waals surface area contributed by atoms with Crippen LogP contribution in [-0.4, -0.2) is 20.7 Å². The molecule has 0 unspecified atom stereocenters. The molecule has 0 fully saturated rings. The molecule has 6 heteroatoms. The number of carbonyl (C=O) groups is 1. The van der Waals surface area contributed by atoms with Crippen molar-refractivity contribution in [1.82, 2.24) is 14.8 Å². The molecule has 0 saturated carbocycles. The summed E-state index contributed by atoms with van der Waals surface area (Å²) in [6.45, 7) is 4.15. The van der Waals surface area contributed by atoms with Crippen LogP contribution in [0.15, 0.2) is 23.8 Å². The number of thiophene rings is 1. The molecule has 0 radical (unpaired) electrons. The van der Waals surface area contributed by atoms with Crippen molar-refractivity contribution < 1.29 is 4.79 Å². The molecule has 1 amide bonds. The Morgan fingerprint density at radius 3 is 2.96 bits per heavy atom. The van der Waals surface area contributed by atoms with Crippen LogP contribution in [0.3, 0.4) is 0 Å². The number of rotatable bonds is 3. The third-order valence-corrected chi connectivity index (χ3v) is 5.57. The van der Waals surface area contributed by atoms with E-state index in [1.54, 1.807) is 23.7 Å². The van der Waals surface area contributed by atoms with Crippen molar-refractivity contribution in [3.05, 3.63) is 39.8 Å². The smallest absolute Gasteiger partial charge is 0.256 e. The van der Waals surface area contributed by atoms with E-state index in [9.17, 15) is 4.79 Å². The summed E-state index contributed by atoms with van der Waals surface area (Å²) >= 11 is 1.71. The van der Waals surface area contributed by atoms with Crippen LogP contribution >= 0.6 is 11.3 Å². The second kappa shape index (κ2) is 6.02. The molecular weight excluding hydrogens is 320 g/mol. The van der Waals surface area contributed by atoms with Gasteiger partial charge in [-0.15, -0.1) is 11.3 Å². The van der Waals surface area contributed by atoms with Crippen molar-refractivity contribution in [3.8, 4) is 0 Å². The minimum atomic E-state index is -0.0354. The normalized spacial score (nSPS) is 14.1. The largest absolute Gasteiger partial charge is 0.321 e. The molecule has 0 spiro atoms. The van der Waals surface area contributed by atoms with Gasteiger partial charge in [-0.1, -0.05) is 0 Å². The van der Waals surface area contributed by atoms with E-state index < -0.39 is 0 Å². The summed E-state index contributed by atoms with van der Waals surface area (Å²) in [5.41, 5.74) is 3.63. The van der Waals surface area contributed by atoms with Crippen LogP contribution in [0.4, 0.5) is 5.69 Å². The molecule has 24 heavy (non-hydrogen) atoms. The van der Waals surface area contributed by atoms with Crippen LogP contribution < -0.4 is 5.32 Å². The van der Waals surface area contributed by atoms with Crippen LogP contribution in [0.25, 0.3) is 11.0 Å². The molecule has 0 aromatic carbocycles. The van der Waals surface area contributed by atoms with E-state index in [0.717, 1.165) is 29.4 Å². The molecular formula is C18H20N4OS. The number of carbonyl (C=O) groups excluding carboxylic acids is 1. The minimum absolute atomic E-state index is 0.0354. The Morgan fingerprint density at radius 1 is 1.29 bits per heavy atom. The average Bonchev–Trinajstić information content (AvgIpc) is 3.18. The molecule has 124 valence electrons. The van der Waals surface area contributed by atoms with Crippen LogP contribution in [-0.2, 0) is 12.8 Å². The zero-order valence-corrected chi connectivity index (χ0v) is 14.7. The highest BCUT2D eigenvalue weighted by Crippen LogP contribution is 2.30. The van der Waals surface area contributed by atoms with E-state index in [1.807, 2.05) is 16.1 Å². The molecule has 5 nitrogen and oxygen atoms in total. The SMILES string of the molecule is CC(C)n1ncc2cc(NC(=O)c3csc4c3CCCC4)cnc21. The van der Waals surface area contributed by atoms with E-state index >= 15 is 0 Å². The predicted octanol–water partition coefficient (Wildman–Crippen LogP) is 4.20. The molecule has 1 N–H and O–H groups in total. The third kappa shape index (κ3) is 2.60. The zero-order valence-electron chi connectivity index (χ0n) is 13.9. The van der Waals surface area contributed by atoms with Gasteiger partial charge in [-0.3, -0.25) is 4.79 Å². The molecule has 4 rings (SSSR count). The molecule has 3 aromatic rings. The fourth-order valence-corrected chi connectivity index (χ4v) is 4.39. The average molecular weight is 340 g/mol. The Hall–Kier alpha value is -2.21. The minimum Gasteiger partial charge on any atom is -0.321 e. The van der Waals surface area contributed by atoms with Gasteiger partial charge in [-0.25, -0.2) is 9.67 Å². The summed E-state index contributed by atoms with van der Waals surface area (Å²) in [5.74, 6) is -0.0354. The third-order valence-electron chi connectivity index (χ3n) is 4.49. The first kappa shape index (κ1) is 15.3. The summed E-state index contributed by atoms with van der Waals surface area (Å²) in [6.07, 6.45) is 8.03. The van der Waals surface area contributed by atoms with Crippen LogP contribution in [0.1, 0.15) is 53.5 Å². The lowest BCUT2D eigenvalue weighted by Gasteiger charge is -2.12. The maximum atomic E-state index is 12.6. The number of pyridine rings is 1. The molecule has 0 bridgehead atoms. The Kier molecular flexibility index (Phi) is 3.84. The van der Waals surface area contributed by atoms with Gasteiger partial charge in [0.05, 0.1) is 23.6 Å². The topological polar surface area (TPSA) is 59.8 Å². The lowest BCUT2D eigenvalue weighted by Crippen LogP contribution is -2.14. The van der Waals surface area contributed by atoms with E-state index in [-0.39, 0.29) is 11.9 Å². The number of aromatic nitrogens is 3. The van der Waals surface area contributed by atoms with Gasteiger partial charge in [0.25, 0.3) is 5.91 Å². The number of nitrogens with one attached hydrogen (secondary N) is 1.